The van der Waals surface area contributed by atoms with Crippen molar-refractivity contribution in [3.05, 3.63) is 99.6 Å². The number of amides is 2. The lowest BCUT2D eigenvalue weighted by Crippen LogP contribution is -2.30. The van der Waals surface area contributed by atoms with Crippen LogP contribution < -0.4 is 30.4 Å². The van der Waals surface area contributed by atoms with Crippen molar-refractivity contribution in [2.24, 2.45) is 0 Å². The van der Waals surface area contributed by atoms with E-state index in [0.29, 0.717) is 46.6 Å². The topological polar surface area (TPSA) is 119 Å². The Morgan fingerprint density at radius 1 is 1.10 bits per heavy atom. The Hall–Kier alpha value is -4.95. The van der Waals surface area contributed by atoms with Gasteiger partial charge in [-0.2, -0.15) is 0 Å². The molecule has 0 unspecified atom stereocenters. The predicted octanol–water partition coefficient (Wildman–Crippen LogP) is 5.38. The van der Waals surface area contributed by atoms with Gasteiger partial charge >= 0.3 is 6.03 Å². The van der Waals surface area contributed by atoms with E-state index >= 15 is 0 Å². The molecule has 0 spiro atoms. The maximum absolute atomic E-state index is 12.6. The number of carbonyl (C=O) groups is 1. The van der Waals surface area contributed by atoms with Gasteiger partial charge in [-0.1, -0.05) is 42.1 Å². The SMILES string of the molecule is [C-]#[N+]c1c(-c2cccc(OC)c2)nc(SCc2cccc(NC(=O)NCCc3ccc4c(c3)OCO4)c2)[nH]c1=O. The molecule has 2 amide bonds. The zero-order valence-corrected chi connectivity index (χ0v) is 22.3. The van der Waals surface area contributed by atoms with E-state index in [4.69, 9.17) is 20.8 Å². The maximum Gasteiger partial charge on any atom is 0.319 e. The average molecular weight is 556 g/mol. The second-order valence-corrected chi connectivity index (χ2v) is 9.68. The summed E-state index contributed by atoms with van der Waals surface area (Å²) < 4.78 is 16.0. The molecule has 0 radical (unpaired) electrons. The molecule has 3 aromatic carbocycles. The van der Waals surface area contributed by atoms with E-state index in [2.05, 4.69) is 25.4 Å². The Labute approximate surface area is 234 Å². The van der Waals surface area contributed by atoms with Crippen LogP contribution in [0, 0.1) is 6.57 Å². The third-order valence-corrected chi connectivity index (χ3v) is 6.97. The molecule has 0 aliphatic carbocycles. The third kappa shape index (κ3) is 6.36. The molecule has 0 fully saturated rings. The van der Waals surface area contributed by atoms with Gasteiger partial charge in [-0.05, 0) is 59.5 Å². The number of ether oxygens (including phenoxy) is 3. The summed E-state index contributed by atoms with van der Waals surface area (Å²) in [6, 6.07) is 19.9. The van der Waals surface area contributed by atoms with E-state index in [1.54, 1.807) is 37.4 Å². The Morgan fingerprint density at radius 2 is 1.95 bits per heavy atom. The van der Waals surface area contributed by atoms with Gasteiger partial charge in [0.25, 0.3) is 11.2 Å². The van der Waals surface area contributed by atoms with Gasteiger partial charge in [0.2, 0.25) is 6.79 Å². The predicted molar refractivity (Wildman–Crippen MR) is 152 cm³/mol. The smallest absolute Gasteiger partial charge is 0.319 e. The van der Waals surface area contributed by atoms with Crippen molar-refractivity contribution >= 4 is 29.2 Å². The summed E-state index contributed by atoms with van der Waals surface area (Å²) in [5, 5.41) is 6.10. The zero-order valence-electron chi connectivity index (χ0n) is 21.5. The number of H-pyrrole nitrogens is 1. The monoisotopic (exact) mass is 555 g/mol. The summed E-state index contributed by atoms with van der Waals surface area (Å²) in [5.41, 5.74) is 2.94. The molecule has 0 saturated carbocycles. The molecule has 0 saturated heterocycles. The number of rotatable bonds is 9. The number of fused-ring (bicyclic) bond motifs is 1. The standard InChI is InChI=1S/C29H25N5O5S/c1-30-26-25(20-6-4-8-22(15-20)37-2)33-29(34-27(26)35)40-16-19-5-3-7-21(13-19)32-28(36)31-12-11-18-9-10-23-24(14-18)39-17-38-23/h3-10,13-15H,11-12,16-17H2,2H3,(H2,31,32,36)(H,33,34,35). The fraction of sp³-hybridized carbons (Fsp3) is 0.172. The van der Waals surface area contributed by atoms with Crippen molar-refractivity contribution < 1.29 is 19.0 Å². The lowest BCUT2D eigenvalue weighted by Gasteiger charge is -2.10. The van der Waals surface area contributed by atoms with Gasteiger partial charge in [-0.25, -0.2) is 14.6 Å². The Balaban J connectivity index is 1.19. The lowest BCUT2D eigenvalue weighted by molar-refractivity contribution is 0.174. The van der Waals surface area contributed by atoms with Crippen molar-refractivity contribution in [1.82, 2.24) is 15.3 Å². The molecular weight excluding hydrogens is 530 g/mol. The second kappa shape index (κ2) is 12.3. The highest BCUT2D eigenvalue weighted by Gasteiger charge is 2.15. The Kier molecular flexibility index (Phi) is 8.18. The van der Waals surface area contributed by atoms with Gasteiger partial charge in [0.1, 0.15) is 5.75 Å². The molecule has 11 heteroatoms. The fourth-order valence-electron chi connectivity index (χ4n) is 4.07. The first-order valence-electron chi connectivity index (χ1n) is 12.3. The zero-order chi connectivity index (χ0) is 27.9. The van der Waals surface area contributed by atoms with Crippen LogP contribution in [-0.2, 0) is 12.2 Å². The van der Waals surface area contributed by atoms with Gasteiger partial charge in [-0.15, -0.1) is 0 Å². The number of aromatic amines is 1. The maximum atomic E-state index is 12.6. The van der Waals surface area contributed by atoms with E-state index < -0.39 is 5.56 Å². The highest BCUT2D eigenvalue weighted by atomic mass is 32.2. The van der Waals surface area contributed by atoms with Gasteiger partial charge in [0.05, 0.1) is 19.4 Å². The molecule has 0 atom stereocenters. The number of thioether (sulfide) groups is 1. The van der Waals surface area contributed by atoms with Crippen LogP contribution in [0.4, 0.5) is 16.2 Å². The van der Waals surface area contributed by atoms with Gasteiger partial charge < -0.3 is 29.8 Å². The van der Waals surface area contributed by atoms with Crippen LogP contribution in [-0.4, -0.2) is 36.4 Å². The van der Waals surface area contributed by atoms with Crippen molar-refractivity contribution in [3.8, 4) is 28.5 Å². The molecule has 0 bridgehead atoms. The normalized spacial score (nSPS) is 11.5. The largest absolute Gasteiger partial charge is 0.497 e. The summed E-state index contributed by atoms with van der Waals surface area (Å²) in [6.07, 6.45) is 0.649. The second-order valence-electron chi connectivity index (χ2n) is 8.72. The minimum absolute atomic E-state index is 0.0756. The van der Waals surface area contributed by atoms with Crippen molar-refractivity contribution in [2.75, 3.05) is 25.8 Å². The number of aromatic nitrogens is 2. The lowest BCUT2D eigenvalue weighted by atomic mass is 10.1. The van der Waals surface area contributed by atoms with Crippen molar-refractivity contribution in [3.63, 3.8) is 0 Å². The van der Waals surface area contributed by atoms with Gasteiger partial charge in [-0.3, -0.25) is 4.79 Å². The number of nitrogens with one attached hydrogen (secondary N) is 3. The summed E-state index contributed by atoms with van der Waals surface area (Å²) in [7, 11) is 1.55. The number of urea groups is 1. The third-order valence-electron chi connectivity index (χ3n) is 6.02. The first kappa shape index (κ1) is 26.6. The number of carbonyl (C=O) groups excluding carboxylic acids is 1. The van der Waals surface area contributed by atoms with Crippen LogP contribution in [0.25, 0.3) is 16.1 Å². The summed E-state index contributed by atoms with van der Waals surface area (Å²) in [6.45, 7) is 8.13. The molecule has 10 nitrogen and oxygen atoms in total. The number of hydrogen-bond donors (Lipinski definition) is 3. The number of nitrogens with zero attached hydrogens (tertiary/aromatic N) is 2. The van der Waals surface area contributed by atoms with Crippen LogP contribution in [0.1, 0.15) is 11.1 Å². The molecule has 1 aromatic heterocycles. The van der Waals surface area contributed by atoms with E-state index in [9.17, 15) is 9.59 Å². The summed E-state index contributed by atoms with van der Waals surface area (Å²) in [4.78, 5) is 35.7. The van der Waals surface area contributed by atoms with Crippen LogP contribution in [0.15, 0.2) is 76.7 Å². The average Bonchev–Trinajstić information content (AvgIpc) is 3.44. The number of benzene rings is 3. The first-order valence-corrected chi connectivity index (χ1v) is 13.3. The van der Waals surface area contributed by atoms with E-state index in [-0.39, 0.29) is 18.5 Å². The molecule has 3 N–H and O–H groups in total. The van der Waals surface area contributed by atoms with Gasteiger partial charge in [0.15, 0.2) is 16.7 Å². The van der Waals surface area contributed by atoms with Crippen molar-refractivity contribution in [2.45, 2.75) is 17.3 Å². The highest BCUT2D eigenvalue weighted by molar-refractivity contribution is 7.98. The fourth-order valence-corrected chi connectivity index (χ4v) is 4.88. The van der Waals surface area contributed by atoms with Crippen LogP contribution in [0.5, 0.6) is 17.2 Å². The highest BCUT2D eigenvalue weighted by Crippen LogP contribution is 2.33. The minimum atomic E-state index is -0.502. The summed E-state index contributed by atoms with van der Waals surface area (Å²) >= 11 is 1.32. The number of methoxy groups -OCH3 is 1. The molecule has 2 heterocycles. The van der Waals surface area contributed by atoms with Crippen molar-refractivity contribution in [1.29, 1.82) is 0 Å². The van der Waals surface area contributed by atoms with E-state index in [0.717, 1.165) is 22.6 Å². The molecule has 1 aliphatic rings. The minimum Gasteiger partial charge on any atom is -0.497 e. The Morgan fingerprint density at radius 3 is 2.80 bits per heavy atom. The van der Waals surface area contributed by atoms with Gasteiger partial charge in [0, 0.05) is 18.0 Å². The Bertz CT molecular complexity index is 1650. The van der Waals surface area contributed by atoms with Crippen LogP contribution in [0.3, 0.4) is 0 Å². The van der Waals surface area contributed by atoms with E-state index in [1.165, 1.54) is 11.8 Å². The molecule has 5 rings (SSSR count). The molecule has 4 aromatic rings. The molecule has 1 aliphatic heterocycles. The quantitative estimate of drug-likeness (QED) is 0.144. The first-order chi connectivity index (χ1) is 19.5. The van der Waals surface area contributed by atoms with E-state index in [1.807, 2.05) is 36.4 Å². The summed E-state index contributed by atoms with van der Waals surface area (Å²) in [5.74, 6) is 2.53. The van der Waals surface area contributed by atoms with Crippen LogP contribution in [0.2, 0.25) is 0 Å². The number of anilines is 1. The van der Waals surface area contributed by atoms with Crippen LogP contribution >= 0.6 is 11.8 Å². The molecular formula is C29H25N5O5S. The molecule has 40 heavy (non-hydrogen) atoms. The number of hydrogen-bond acceptors (Lipinski definition) is 7. The molecule has 202 valence electrons.